The fraction of sp³-hybridized carbons (Fsp3) is 0.143. The van der Waals surface area contributed by atoms with Gasteiger partial charge in [-0.2, -0.15) is 0 Å². The van der Waals surface area contributed by atoms with E-state index in [2.05, 4.69) is 0 Å². The zero-order chi connectivity index (χ0) is 22.6. The van der Waals surface area contributed by atoms with Crippen molar-refractivity contribution in [2.75, 3.05) is 0 Å². The summed E-state index contributed by atoms with van der Waals surface area (Å²) in [5, 5.41) is 46.9. The summed E-state index contributed by atoms with van der Waals surface area (Å²) in [6.45, 7) is 0. The minimum Gasteiger partial charge on any atom is -0.387 e. The topological polar surface area (TPSA) is 80.9 Å². The monoisotopic (exact) mass is 426 g/mol. The quantitative estimate of drug-likeness (QED) is 0.364. The summed E-state index contributed by atoms with van der Waals surface area (Å²) < 4.78 is 0. The van der Waals surface area contributed by atoms with Gasteiger partial charge in [-0.15, -0.1) is 0 Å². The average molecular weight is 427 g/mol. The highest BCUT2D eigenvalue weighted by Gasteiger charge is 2.51. The van der Waals surface area contributed by atoms with Crippen molar-refractivity contribution in [1.29, 1.82) is 0 Å². The maximum absolute atomic E-state index is 11.9. The van der Waals surface area contributed by atoms with E-state index < -0.39 is 23.4 Å². The van der Waals surface area contributed by atoms with E-state index in [0.717, 1.165) is 0 Å². The van der Waals surface area contributed by atoms with Crippen molar-refractivity contribution in [1.82, 2.24) is 0 Å². The van der Waals surface area contributed by atoms with Crippen LogP contribution in [-0.2, 0) is 11.2 Å². The summed E-state index contributed by atoms with van der Waals surface area (Å²) in [6.07, 6.45) is -3.53. The predicted octanol–water partition coefficient (Wildman–Crippen LogP) is 3.58. The Bertz CT molecular complexity index is 943. The van der Waals surface area contributed by atoms with Crippen molar-refractivity contribution >= 4 is 0 Å². The van der Waals surface area contributed by atoms with Crippen LogP contribution in [0.3, 0.4) is 0 Å². The third kappa shape index (κ3) is 3.74. The van der Waals surface area contributed by atoms with Gasteiger partial charge in [-0.3, -0.25) is 0 Å². The number of hydrogen-bond donors (Lipinski definition) is 4. The van der Waals surface area contributed by atoms with E-state index in [0.29, 0.717) is 22.3 Å². The van der Waals surface area contributed by atoms with E-state index in [1.165, 1.54) is 0 Å². The molecule has 32 heavy (non-hydrogen) atoms. The van der Waals surface area contributed by atoms with Crippen LogP contribution in [0.4, 0.5) is 0 Å². The Morgan fingerprint density at radius 3 is 0.750 bits per heavy atom. The molecule has 0 saturated carbocycles. The standard InChI is InChI=1S/C28H26O4/c29-25(27(31,21-13-5-1-6-14-21)22-15-7-2-8-16-22)26(30)28(32,23-17-9-3-10-18-23)24-19-11-4-12-20-24/h1-20,25-26,29-32H/t25-,26+. The van der Waals surface area contributed by atoms with Crippen molar-refractivity contribution in [3.05, 3.63) is 144 Å². The SMILES string of the molecule is O[C@H]([C@H](O)C(O)(c1ccccc1)c1ccccc1)C(O)(c1ccccc1)c1ccccc1. The van der Waals surface area contributed by atoms with Gasteiger partial charge in [0.25, 0.3) is 0 Å². The molecule has 0 aliphatic carbocycles. The highest BCUT2D eigenvalue weighted by molar-refractivity contribution is 5.42. The Kier molecular flexibility index (Phi) is 6.21. The summed E-state index contributed by atoms with van der Waals surface area (Å²) >= 11 is 0. The van der Waals surface area contributed by atoms with E-state index in [1.54, 1.807) is 97.1 Å². The van der Waals surface area contributed by atoms with Gasteiger partial charge >= 0.3 is 0 Å². The van der Waals surface area contributed by atoms with E-state index >= 15 is 0 Å². The highest BCUT2D eigenvalue weighted by atomic mass is 16.4. The maximum atomic E-state index is 11.9. The number of aliphatic hydroxyl groups is 4. The summed E-state index contributed by atoms with van der Waals surface area (Å²) in [7, 11) is 0. The molecule has 0 radical (unpaired) electrons. The molecule has 4 heteroatoms. The summed E-state index contributed by atoms with van der Waals surface area (Å²) in [4.78, 5) is 0. The summed E-state index contributed by atoms with van der Waals surface area (Å²) in [6, 6.07) is 34.8. The van der Waals surface area contributed by atoms with Crippen LogP contribution in [0.1, 0.15) is 22.3 Å². The van der Waals surface area contributed by atoms with Gasteiger partial charge in [0, 0.05) is 0 Å². The van der Waals surface area contributed by atoms with E-state index in [1.807, 2.05) is 24.3 Å². The van der Waals surface area contributed by atoms with Gasteiger partial charge in [-0.25, -0.2) is 0 Å². The molecule has 0 fully saturated rings. The van der Waals surface area contributed by atoms with Gasteiger partial charge < -0.3 is 20.4 Å². The van der Waals surface area contributed by atoms with Gasteiger partial charge in [0.15, 0.2) is 0 Å². The molecule has 0 spiro atoms. The van der Waals surface area contributed by atoms with Crippen LogP contribution in [0.5, 0.6) is 0 Å². The van der Waals surface area contributed by atoms with Crippen LogP contribution in [0.25, 0.3) is 0 Å². The highest BCUT2D eigenvalue weighted by Crippen LogP contribution is 2.41. The Hall–Kier alpha value is -3.28. The van der Waals surface area contributed by atoms with Crippen molar-refractivity contribution in [2.45, 2.75) is 23.4 Å². The first kappa shape index (κ1) is 21.9. The second-order valence-corrected chi connectivity index (χ2v) is 7.89. The lowest BCUT2D eigenvalue weighted by atomic mass is 9.72. The van der Waals surface area contributed by atoms with Crippen molar-refractivity contribution < 1.29 is 20.4 Å². The largest absolute Gasteiger partial charge is 0.387 e. The Morgan fingerprint density at radius 2 is 0.562 bits per heavy atom. The lowest BCUT2D eigenvalue weighted by molar-refractivity contribution is -0.167. The minimum atomic E-state index is -1.97. The second kappa shape index (κ2) is 9.07. The zero-order valence-corrected chi connectivity index (χ0v) is 17.5. The first-order valence-electron chi connectivity index (χ1n) is 10.5. The molecular formula is C28H26O4. The van der Waals surface area contributed by atoms with E-state index in [-0.39, 0.29) is 0 Å². The van der Waals surface area contributed by atoms with Crippen molar-refractivity contribution in [3.63, 3.8) is 0 Å². The molecule has 4 N–H and O–H groups in total. The molecule has 2 atom stereocenters. The zero-order valence-electron chi connectivity index (χ0n) is 17.5. The summed E-state index contributed by atoms with van der Waals surface area (Å²) in [5.41, 5.74) is -2.33. The molecular weight excluding hydrogens is 400 g/mol. The minimum absolute atomic E-state index is 0.404. The fourth-order valence-electron chi connectivity index (χ4n) is 4.24. The molecule has 4 aromatic carbocycles. The Morgan fingerprint density at radius 1 is 0.375 bits per heavy atom. The molecule has 0 bridgehead atoms. The first-order valence-corrected chi connectivity index (χ1v) is 10.5. The molecule has 0 aliphatic rings. The van der Waals surface area contributed by atoms with Crippen LogP contribution in [0.2, 0.25) is 0 Å². The van der Waals surface area contributed by atoms with Crippen LogP contribution < -0.4 is 0 Å². The third-order valence-electron chi connectivity index (χ3n) is 6.01. The maximum Gasteiger partial charge on any atom is 0.143 e. The van der Waals surface area contributed by atoms with Crippen LogP contribution in [0, 0.1) is 0 Å². The van der Waals surface area contributed by atoms with Crippen molar-refractivity contribution in [2.24, 2.45) is 0 Å². The molecule has 0 aromatic heterocycles. The molecule has 4 aromatic rings. The number of aliphatic hydroxyl groups excluding tert-OH is 2. The molecule has 0 unspecified atom stereocenters. The lowest BCUT2D eigenvalue weighted by Crippen LogP contribution is -2.56. The second-order valence-electron chi connectivity index (χ2n) is 7.89. The first-order chi connectivity index (χ1) is 15.5. The average Bonchev–Trinajstić information content (AvgIpc) is 2.89. The molecule has 0 aliphatic heterocycles. The fourth-order valence-corrected chi connectivity index (χ4v) is 4.24. The third-order valence-corrected chi connectivity index (χ3v) is 6.01. The van der Waals surface area contributed by atoms with E-state index in [9.17, 15) is 20.4 Å². The molecule has 0 amide bonds. The Labute approximate surface area is 187 Å². The number of benzene rings is 4. The molecule has 162 valence electrons. The normalized spacial score (nSPS) is 14.0. The smallest absolute Gasteiger partial charge is 0.143 e. The molecule has 0 saturated heterocycles. The van der Waals surface area contributed by atoms with Gasteiger partial charge in [0.2, 0.25) is 0 Å². The van der Waals surface area contributed by atoms with Gasteiger partial charge in [0.1, 0.15) is 23.4 Å². The number of hydrogen-bond acceptors (Lipinski definition) is 4. The molecule has 4 rings (SSSR count). The molecule has 0 heterocycles. The van der Waals surface area contributed by atoms with Gasteiger partial charge in [-0.1, -0.05) is 121 Å². The predicted molar refractivity (Wildman–Crippen MR) is 124 cm³/mol. The van der Waals surface area contributed by atoms with Crippen LogP contribution >= 0.6 is 0 Å². The Balaban J connectivity index is 1.89. The van der Waals surface area contributed by atoms with Gasteiger partial charge in [0.05, 0.1) is 0 Å². The van der Waals surface area contributed by atoms with Crippen LogP contribution in [0.15, 0.2) is 121 Å². The van der Waals surface area contributed by atoms with Crippen molar-refractivity contribution in [3.8, 4) is 0 Å². The van der Waals surface area contributed by atoms with Crippen LogP contribution in [-0.4, -0.2) is 32.6 Å². The van der Waals surface area contributed by atoms with Gasteiger partial charge in [-0.05, 0) is 22.3 Å². The van der Waals surface area contributed by atoms with E-state index in [4.69, 9.17) is 0 Å². The summed E-state index contributed by atoms with van der Waals surface area (Å²) in [5.74, 6) is 0. The lowest BCUT2D eigenvalue weighted by Gasteiger charge is -2.43. The molecule has 4 nitrogen and oxygen atoms in total. The number of rotatable bonds is 7.